The van der Waals surface area contributed by atoms with Gasteiger partial charge in [-0.15, -0.1) is 0 Å². The fraction of sp³-hybridized carbons (Fsp3) is 0.200. The minimum absolute atomic E-state index is 0.801. The van der Waals surface area contributed by atoms with Crippen molar-refractivity contribution in [3.63, 3.8) is 0 Å². The van der Waals surface area contributed by atoms with E-state index in [1.807, 2.05) is 19.1 Å². The molecule has 0 radical (unpaired) electrons. The lowest BCUT2D eigenvalue weighted by molar-refractivity contribution is 1.09. The number of aromatic nitrogens is 4. The highest BCUT2D eigenvalue weighted by Gasteiger charge is 1.83. The third-order valence-corrected chi connectivity index (χ3v) is 2.08. The number of rotatable bonds is 1. The lowest BCUT2D eigenvalue weighted by Gasteiger charge is -1.86. The largest absolute Gasteiger partial charge is 0.245 e. The average molecular weight is 267 g/mol. The van der Waals surface area contributed by atoms with E-state index in [2.05, 4.69) is 35.9 Å². The van der Waals surface area contributed by atoms with Crippen molar-refractivity contribution in [1.82, 2.24) is 19.9 Å². The van der Waals surface area contributed by atoms with E-state index >= 15 is 0 Å². The maximum Gasteiger partial charge on any atom is 0.115 e. The molecule has 2 rings (SSSR count). The number of alkyl halides is 1. The quantitative estimate of drug-likeness (QED) is 0.743. The minimum atomic E-state index is 0.801. The molecule has 0 saturated carbocycles. The lowest BCUT2D eigenvalue weighted by Crippen LogP contribution is -1.82. The van der Waals surface area contributed by atoms with Crippen molar-refractivity contribution >= 4 is 15.9 Å². The van der Waals surface area contributed by atoms with Crippen LogP contribution >= 0.6 is 15.9 Å². The molecule has 0 aliphatic heterocycles. The Balaban J connectivity index is 0.000000151. The van der Waals surface area contributed by atoms with Gasteiger partial charge in [-0.25, -0.2) is 19.9 Å². The van der Waals surface area contributed by atoms with Crippen LogP contribution < -0.4 is 0 Å². The summed E-state index contributed by atoms with van der Waals surface area (Å²) >= 11 is 3.27. The monoisotopic (exact) mass is 266 g/mol. The van der Waals surface area contributed by atoms with Crippen LogP contribution in [0.3, 0.4) is 0 Å². The zero-order valence-electron chi connectivity index (χ0n) is 8.34. The van der Waals surface area contributed by atoms with Crippen LogP contribution in [0.4, 0.5) is 0 Å². The predicted molar refractivity (Wildman–Crippen MR) is 61.4 cm³/mol. The second-order valence-corrected chi connectivity index (χ2v) is 3.25. The molecular formula is C10H11BrN4. The molecule has 0 aromatic carbocycles. The van der Waals surface area contributed by atoms with Gasteiger partial charge in [-0.2, -0.15) is 0 Å². The first-order chi connectivity index (χ1) is 7.33. The molecule has 0 aliphatic rings. The number of halogens is 1. The molecule has 78 valence electrons. The van der Waals surface area contributed by atoms with Gasteiger partial charge in [0, 0.05) is 23.4 Å². The van der Waals surface area contributed by atoms with E-state index in [1.54, 1.807) is 12.4 Å². The van der Waals surface area contributed by atoms with Crippen LogP contribution in [0.5, 0.6) is 0 Å². The fourth-order valence-electron chi connectivity index (χ4n) is 0.754. The Morgan fingerprint density at radius 1 is 1.07 bits per heavy atom. The number of hydrogen-bond acceptors (Lipinski definition) is 4. The molecular weight excluding hydrogens is 256 g/mol. The Morgan fingerprint density at radius 3 is 2.00 bits per heavy atom. The van der Waals surface area contributed by atoms with E-state index in [9.17, 15) is 0 Å². The van der Waals surface area contributed by atoms with Crippen molar-refractivity contribution in [2.75, 3.05) is 0 Å². The highest BCUT2D eigenvalue weighted by Crippen LogP contribution is 1.96. The highest BCUT2D eigenvalue weighted by molar-refractivity contribution is 9.08. The van der Waals surface area contributed by atoms with Gasteiger partial charge < -0.3 is 0 Å². The van der Waals surface area contributed by atoms with Crippen LogP contribution in [0.2, 0.25) is 0 Å². The average Bonchev–Trinajstić information content (AvgIpc) is 2.32. The third kappa shape index (κ3) is 5.17. The van der Waals surface area contributed by atoms with Crippen LogP contribution in [-0.2, 0) is 5.33 Å². The summed E-state index contributed by atoms with van der Waals surface area (Å²) in [5, 5.41) is 0.801. The number of nitrogens with zero attached hydrogens (tertiary/aromatic N) is 4. The van der Waals surface area contributed by atoms with Gasteiger partial charge in [0.2, 0.25) is 0 Å². The van der Waals surface area contributed by atoms with Crippen molar-refractivity contribution in [2.24, 2.45) is 0 Å². The van der Waals surface area contributed by atoms with E-state index in [0.717, 1.165) is 16.7 Å². The topological polar surface area (TPSA) is 51.6 Å². The highest BCUT2D eigenvalue weighted by atomic mass is 79.9. The molecule has 0 aliphatic carbocycles. The minimum Gasteiger partial charge on any atom is -0.245 e. The maximum atomic E-state index is 3.94. The summed E-state index contributed by atoms with van der Waals surface area (Å²) in [7, 11) is 0. The molecule has 0 fully saturated rings. The Hall–Kier alpha value is -1.36. The third-order valence-electron chi connectivity index (χ3n) is 1.51. The lowest BCUT2D eigenvalue weighted by atomic mass is 10.5. The van der Waals surface area contributed by atoms with Gasteiger partial charge in [0.15, 0.2) is 0 Å². The van der Waals surface area contributed by atoms with Gasteiger partial charge in [0.1, 0.15) is 12.7 Å². The van der Waals surface area contributed by atoms with Gasteiger partial charge in [-0.05, 0) is 19.1 Å². The summed E-state index contributed by atoms with van der Waals surface area (Å²) in [6.07, 6.45) is 6.53. The summed E-state index contributed by atoms with van der Waals surface area (Å²) in [4.78, 5) is 15.3. The molecule has 4 nitrogen and oxygen atoms in total. The van der Waals surface area contributed by atoms with Gasteiger partial charge in [-0.3, -0.25) is 0 Å². The molecule has 15 heavy (non-hydrogen) atoms. The first-order valence-electron chi connectivity index (χ1n) is 4.36. The van der Waals surface area contributed by atoms with Gasteiger partial charge in [0.25, 0.3) is 0 Å². The van der Waals surface area contributed by atoms with E-state index < -0.39 is 0 Å². The van der Waals surface area contributed by atoms with Crippen LogP contribution in [-0.4, -0.2) is 19.9 Å². The summed E-state index contributed by atoms with van der Waals surface area (Å²) in [6.45, 7) is 1.93. The normalized spacial score (nSPS) is 8.93. The molecule has 0 unspecified atom stereocenters. The summed E-state index contributed by atoms with van der Waals surface area (Å²) in [5.74, 6) is 0. The predicted octanol–water partition coefficient (Wildman–Crippen LogP) is 2.16. The summed E-state index contributed by atoms with van der Waals surface area (Å²) < 4.78 is 0. The van der Waals surface area contributed by atoms with E-state index in [-0.39, 0.29) is 0 Å². The van der Waals surface area contributed by atoms with Crippen molar-refractivity contribution in [3.8, 4) is 0 Å². The Bertz CT molecular complexity index is 366. The molecule has 2 aromatic heterocycles. The molecule has 2 heterocycles. The molecule has 0 N–H and O–H groups in total. The van der Waals surface area contributed by atoms with Crippen molar-refractivity contribution in [1.29, 1.82) is 0 Å². The van der Waals surface area contributed by atoms with Crippen LogP contribution in [0, 0.1) is 6.92 Å². The molecule has 2 aromatic rings. The number of hydrogen-bond donors (Lipinski definition) is 0. The van der Waals surface area contributed by atoms with Crippen molar-refractivity contribution < 1.29 is 0 Å². The van der Waals surface area contributed by atoms with Crippen LogP contribution in [0.25, 0.3) is 0 Å². The molecule has 0 saturated heterocycles. The molecule has 5 heteroatoms. The van der Waals surface area contributed by atoms with E-state index in [4.69, 9.17) is 0 Å². The molecule has 0 atom stereocenters. The summed E-state index contributed by atoms with van der Waals surface area (Å²) in [5.41, 5.74) is 2.02. The first kappa shape index (κ1) is 11.7. The summed E-state index contributed by atoms with van der Waals surface area (Å²) in [6, 6.07) is 3.73. The molecule has 0 bridgehead atoms. The standard InChI is InChI=1S/C5H5BrN2.C5H6N2/c6-3-5-1-2-7-4-8-5;1-5-2-3-6-4-7-5/h1-2,4H,3H2;2-4H,1H3. The Morgan fingerprint density at radius 2 is 1.73 bits per heavy atom. The van der Waals surface area contributed by atoms with Crippen LogP contribution in [0.15, 0.2) is 37.2 Å². The van der Waals surface area contributed by atoms with Crippen LogP contribution in [0.1, 0.15) is 11.4 Å². The Labute approximate surface area is 97.0 Å². The zero-order chi connectivity index (χ0) is 10.9. The zero-order valence-corrected chi connectivity index (χ0v) is 9.92. The fourth-order valence-corrected chi connectivity index (χ4v) is 1.09. The molecule has 0 spiro atoms. The second-order valence-electron chi connectivity index (χ2n) is 2.69. The van der Waals surface area contributed by atoms with Crippen molar-refractivity contribution in [3.05, 3.63) is 48.6 Å². The molecule has 0 amide bonds. The van der Waals surface area contributed by atoms with E-state index in [1.165, 1.54) is 12.7 Å². The second kappa shape index (κ2) is 7.00. The van der Waals surface area contributed by atoms with Gasteiger partial charge >= 0.3 is 0 Å². The SMILES string of the molecule is BrCc1ccncn1.Cc1ccncn1. The van der Waals surface area contributed by atoms with Crippen molar-refractivity contribution in [2.45, 2.75) is 12.3 Å². The smallest absolute Gasteiger partial charge is 0.115 e. The van der Waals surface area contributed by atoms with Gasteiger partial charge in [0.05, 0.1) is 5.69 Å². The van der Waals surface area contributed by atoms with Gasteiger partial charge in [-0.1, -0.05) is 15.9 Å². The Kier molecular flexibility index (Phi) is 5.47. The first-order valence-corrected chi connectivity index (χ1v) is 5.48. The number of aryl methyl sites for hydroxylation is 1. The maximum absolute atomic E-state index is 3.94. The van der Waals surface area contributed by atoms with E-state index in [0.29, 0.717) is 0 Å².